The third-order valence-electron chi connectivity index (χ3n) is 2.24. The van der Waals surface area contributed by atoms with Crippen molar-refractivity contribution in [2.75, 3.05) is 20.3 Å². The lowest BCUT2D eigenvalue weighted by Gasteiger charge is -2.17. The summed E-state index contributed by atoms with van der Waals surface area (Å²) in [5, 5.41) is 6.96. The van der Waals surface area contributed by atoms with Crippen LogP contribution in [0.2, 0.25) is 0 Å². The van der Waals surface area contributed by atoms with Gasteiger partial charge < -0.3 is 15.4 Å². The van der Waals surface area contributed by atoms with Crippen LogP contribution in [0.4, 0.5) is 0 Å². The zero-order chi connectivity index (χ0) is 11.8. The van der Waals surface area contributed by atoms with Crippen LogP contribution in [-0.4, -0.2) is 25.4 Å². The highest BCUT2D eigenvalue weighted by Crippen LogP contribution is 2.10. The lowest BCUT2D eigenvalue weighted by atomic mass is 10.1. The highest BCUT2D eigenvalue weighted by Gasteiger charge is 2.05. The van der Waals surface area contributed by atoms with Crippen LogP contribution in [0, 0.1) is 0 Å². The predicted molar refractivity (Wildman–Crippen MR) is 70.5 cm³/mol. The first-order chi connectivity index (χ1) is 7.74. The molecule has 0 saturated heterocycles. The fraction of sp³-hybridized carbons (Fsp3) is 0.417. The molecule has 1 aromatic carbocycles. The second-order valence-corrected chi connectivity index (χ2v) is 3.93. The SMILES string of the molecule is COCCNC(=S)N[C@H](C)c1ccccc1. The largest absolute Gasteiger partial charge is 0.383 e. The molecule has 0 aliphatic rings. The minimum absolute atomic E-state index is 0.212. The van der Waals surface area contributed by atoms with E-state index in [0.717, 1.165) is 6.54 Å². The second kappa shape index (κ2) is 7.19. The summed E-state index contributed by atoms with van der Waals surface area (Å²) in [5.41, 5.74) is 1.22. The van der Waals surface area contributed by atoms with Gasteiger partial charge in [0, 0.05) is 13.7 Å². The lowest BCUT2D eigenvalue weighted by Crippen LogP contribution is -2.38. The van der Waals surface area contributed by atoms with E-state index in [1.807, 2.05) is 18.2 Å². The van der Waals surface area contributed by atoms with Gasteiger partial charge in [0.2, 0.25) is 0 Å². The molecule has 3 nitrogen and oxygen atoms in total. The molecule has 0 fully saturated rings. The van der Waals surface area contributed by atoms with E-state index in [1.54, 1.807) is 7.11 Å². The van der Waals surface area contributed by atoms with Gasteiger partial charge >= 0.3 is 0 Å². The molecule has 0 radical (unpaired) electrons. The normalized spacial score (nSPS) is 11.9. The summed E-state index contributed by atoms with van der Waals surface area (Å²) in [6, 6.07) is 10.4. The van der Waals surface area contributed by atoms with Crippen molar-refractivity contribution in [3.63, 3.8) is 0 Å². The van der Waals surface area contributed by atoms with Crippen LogP contribution >= 0.6 is 12.2 Å². The number of nitrogens with one attached hydrogen (secondary N) is 2. The molecule has 4 heteroatoms. The third-order valence-corrected chi connectivity index (χ3v) is 2.50. The van der Waals surface area contributed by atoms with Gasteiger partial charge in [-0.05, 0) is 24.7 Å². The van der Waals surface area contributed by atoms with E-state index >= 15 is 0 Å². The summed E-state index contributed by atoms with van der Waals surface area (Å²) in [4.78, 5) is 0. The summed E-state index contributed by atoms with van der Waals surface area (Å²) >= 11 is 5.17. The summed E-state index contributed by atoms with van der Waals surface area (Å²) < 4.78 is 4.93. The van der Waals surface area contributed by atoms with Crippen molar-refractivity contribution < 1.29 is 4.74 Å². The van der Waals surface area contributed by atoms with E-state index in [4.69, 9.17) is 17.0 Å². The Morgan fingerprint density at radius 2 is 2.06 bits per heavy atom. The van der Waals surface area contributed by atoms with Gasteiger partial charge in [-0.2, -0.15) is 0 Å². The Bertz CT molecular complexity index is 316. The number of benzene rings is 1. The molecule has 0 heterocycles. The van der Waals surface area contributed by atoms with Crippen LogP contribution < -0.4 is 10.6 Å². The number of methoxy groups -OCH3 is 1. The molecule has 1 rings (SSSR count). The highest BCUT2D eigenvalue weighted by atomic mass is 32.1. The average molecular weight is 238 g/mol. The van der Waals surface area contributed by atoms with Crippen LogP contribution in [0.3, 0.4) is 0 Å². The standard InChI is InChI=1S/C12H18N2OS/c1-10(11-6-4-3-5-7-11)14-12(16)13-8-9-15-2/h3-7,10H,8-9H2,1-2H3,(H2,13,14,16)/t10-/m1/s1. The Morgan fingerprint density at radius 3 is 2.69 bits per heavy atom. The maximum Gasteiger partial charge on any atom is 0.166 e. The van der Waals surface area contributed by atoms with Gasteiger partial charge in [0.05, 0.1) is 12.6 Å². The van der Waals surface area contributed by atoms with Gasteiger partial charge in [-0.3, -0.25) is 0 Å². The Morgan fingerprint density at radius 1 is 1.38 bits per heavy atom. The van der Waals surface area contributed by atoms with Crippen molar-refractivity contribution in [2.24, 2.45) is 0 Å². The molecule has 0 saturated carbocycles. The molecule has 0 amide bonds. The Kier molecular flexibility index (Phi) is 5.82. The van der Waals surface area contributed by atoms with Gasteiger partial charge in [0.1, 0.15) is 0 Å². The maximum absolute atomic E-state index is 5.17. The quantitative estimate of drug-likeness (QED) is 0.606. The van der Waals surface area contributed by atoms with Crippen molar-refractivity contribution in [1.29, 1.82) is 0 Å². The van der Waals surface area contributed by atoms with Crippen molar-refractivity contribution in [3.8, 4) is 0 Å². The van der Waals surface area contributed by atoms with Gasteiger partial charge in [-0.25, -0.2) is 0 Å². The molecule has 1 atom stereocenters. The van der Waals surface area contributed by atoms with E-state index in [1.165, 1.54) is 5.56 Å². The van der Waals surface area contributed by atoms with Gasteiger partial charge in [0.25, 0.3) is 0 Å². The fourth-order valence-corrected chi connectivity index (χ4v) is 1.62. The van der Waals surface area contributed by atoms with Crippen LogP contribution in [-0.2, 0) is 4.74 Å². The van der Waals surface area contributed by atoms with E-state index in [-0.39, 0.29) is 6.04 Å². The maximum atomic E-state index is 5.17. The fourth-order valence-electron chi connectivity index (χ4n) is 1.34. The Hall–Kier alpha value is -1.13. The number of thiocarbonyl (C=S) groups is 1. The molecule has 0 aromatic heterocycles. The van der Waals surface area contributed by atoms with Gasteiger partial charge in [-0.1, -0.05) is 30.3 Å². The third kappa shape index (κ3) is 4.59. The summed E-state index contributed by atoms with van der Waals surface area (Å²) in [7, 11) is 1.67. The predicted octanol–water partition coefficient (Wildman–Crippen LogP) is 1.86. The molecule has 0 aliphatic carbocycles. The van der Waals surface area contributed by atoms with E-state index in [2.05, 4.69) is 29.7 Å². The monoisotopic (exact) mass is 238 g/mol. The first-order valence-electron chi connectivity index (χ1n) is 5.32. The number of ether oxygens (including phenoxy) is 1. The van der Waals surface area contributed by atoms with Gasteiger partial charge in [0.15, 0.2) is 5.11 Å². The van der Waals surface area contributed by atoms with Crippen molar-refractivity contribution >= 4 is 17.3 Å². The molecular formula is C12H18N2OS. The lowest BCUT2D eigenvalue weighted by molar-refractivity contribution is 0.204. The first kappa shape index (κ1) is 12.9. The minimum atomic E-state index is 0.212. The smallest absolute Gasteiger partial charge is 0.166 e. The van der Waals surface area contributed by atoms with Gasteiger partial charge in [-0.15, -0.1) is 0 Å². The van der Waals surface area contributed by atoms with Crippen molar-refractivity contribution in [1.82, 2.24) is 10.6 Å². The molecule has 0 spiro atoms. The highest BCUT2D eigenvalue weighted by molar-refractivity contribution is 7.80. The minimum Gasteiger partial charge on any atom is -0.383 e. The summed E-state index contributed by atoms with van der Waals surface area (Å²) in [6.07, 6.45) is 0. The molecule has 1 aromatic rings. The molecule has 0 aliphatic heterocycles. The summed E-state index contributed by atoms with van der Waals surface area (Å²) in [6.45, 7) is 3.46. The molecule has 16 heavy (non-hydrogen) atoms. The van der Waals surface area contributed by atoms with Crippen molar-refractivity contribution in [3.05, 3.63) is 35.9 Å². The molecule has 88 valence electrons. The average Bonchev–Trinajstić information content (AvgIpc) is 2.30. The second-order valence-electron chi connectivity index (χ2n) is 3.53. The zero-order valence-electron chi connectivity index (χ0n) is 9.69. The van der Waals surface area contributed by atoms with Crippen LogP contribution in [0.5, 0.6) is 0 Å². The van der Waals surface area contributed by atoms with E-state index in [0.29, 0.717) is 11.7 Å². The Labute approximate surface area is 102 Å². The zero-order valence-corrected chi connectivity index (χ0v) is 10.5. The molecule has 0 unspecified atom stereocenters. The summed E-state index contributed by atoms with van der Waals surface area (Å²) in [5.74, 6) is 0. The van der Waals surface area contributed by atoms with E-state index in [9.17, 15) is 0 Å². The van der Waals surface area contributed by atoms with Crippen LogP contribution in [0.1, 0.15) is 18.5 Å². The number of hydrogen-bond donors (Lipinski definition) is 2. The first-order valence-corrected chi connectivity index (χ1v) is 5.73. The van der Waals surface area contributed by atoms with E-state index < -0.39 is 0 Å². The van der Waals surface area contributed by atoms with Crippen LogP contribution in [0.15, 0.2) is 30.3 Å². The van der Waals surface area contributed by atoms with Crippen molar-refractivity contribution in [2.45, 2.75) is 13.0 Å². The Balaban J connectivity index is 2.34. The van der Waals surface area contributed by atoms with Crippen LogP contribution in [0.25, 0.3) is 0 Å². The molecular weight excluding hydrogens is 220 g/mol. The topological polar surface area (TPSA) is 33.3 Å². The molecule has 0 bridgehead atoms. The number of hydrogen-bond acceptors (Lipinski definition) is 2. The molecule has 2 N–H and O–H groups in total. The number of rotatable bonds is 5.